The van der Waals surface area contributed by atoms with Crippen LogP contribution in [0.5, 0.6) is 0 Å². The first-order valence-corrected chi connectivity index (χ1v) is 16.2. The fraction of sp³-hybridized carbons (Fsp3) is 0.882. The molecule has 0 spiro atoms. The van der Waals surface area contributed by atoms with Gasteiger partial charge in [0.15, 0.2) is 0 Å². The van der Waals surface area contributed by atoms with Gasteiger partial charge < -0.3 is 19.5 Å². The summed E-state index contributed by atoms with van der Waals surface area (Å²) in [5.41, 5.74) is 1.75. The number of carbonyl (C=O) groups is 2. The monoisotopic (exact) mass is 557 g/mol. The van der Waals surface area contributed by atoms with Gasteiger partial charge in [0, 0.05) is 25.8 Å². The minimum atomic E-state index is -0.473. The molecule has 6 heteroatoms. The van der Waals surface area contributed by atoms with Crippen molar-refractivity contribution in [3.05, 3.63) is 11.3 Å². The molecule has 4 fully saturated rings. The van der Waals surface area contributed by atoms with Crippen LogP contribution < -0.4 is 5.32 Å². The van der Waals surface area contributed by atoms with Gasteiger partial charge in [0.2, 0.25) is 0 Å². The molecule has 4 aliphatic carbocycles. The van der Waals surface area contributed by atoms with Gasteiger partial charge >= 0.3 is 12.1 Å². The molecular weight excluding hydrogens is 502 g/mol. The number of fused-ring (bicyclic) bond motifs is 7. The van der Waals surface area contributed by atoms with E-state index in [2.05, 4.69) is 33.0 Å². The van der Waals surface area contributed by atoms with E-state index in [-0.39, 0.29) is 18.2 Å². The molecule has 10 atom stereocenters. The van der Waals surface area contributed by atoms with E-state index in [0.717, 1.165) is 43.4 Å². The Bertz CT molecular complexity index is 1010. The predicted molar refractivity (Wildman–Crippen MR) is 156 cm³/mol. The van der Waals surface area contributed by atoms with Crippen molar-refractivity contribution in [1.29, 1.82) is 0 Å². The molecule has 0 aromatic rings. The van der Waals surface area contributed by atoms with Crippen molar-refractivity contribution in [2.45, 2.75) is 137 Å². The van der Waals surface area contributed by atoms with Crippen LogP contribution in [0.3, 0.4) is 0 Å². The molecule has 1 aliphatic heterocycles. The van der Waals surface area contributed by atoms with E-state index in [0.29, 0.717) is 41.2 Å². The maximum Gasteiger partial charge on any atom is 0.407 e. The highest BCUT2D eigenvalue weighted by molar-refractivity contribution is 5.67. The van der Waals surface area contributed by atoms with Crippen molar-refractivity contribution in [2.75, 3.05) is 6.54 Å². The highest BCUT2D eigenvalue weighted by Gasteiger charge is 2.64. The van der Waals surface area contributed by atoms with E-state index in [1.54, 1.807) is 6.92 Å². The smallest absolute Gasteiger partial charge is 0.407 e. The van der Waals surface area contributed by atoms with Gasteiger partial charge in [-0.1, -0.05) is 20.8 Å². The van der Waals surface area contributed by atoms with Crippen molar-refractivity contribution in [3.8, 4) is 0 Å². The largest absolute Gasteiger partial charge is 0.494 e. The number of nitrogens with one attached hydrogen (secondary N) is 1. The van der Waals surface area contributed by atoms with Crippen molar-refractivity contribution >= 4 is 12.1 Å². The van der Waals surface area contributed by atoms with Gasteiger partial charge in [-0.15, -0.1) is 0 Å². The Labute approximate surface area is 242 Å². The van der Waals surface area contributed by atoms with Gasteiger partial charge in [0.1, 0.15) is 17.8 Å². The molecule has 0 aromatic heterocycles. The molecular formula is C34H55NO5. The normalized spacial score (nSPS) is 41.1. The van der Waals surface area contributed by atoms with Crippen molar-refractivity contribution in [3.63, 3.8) is 0 Å². The van der Waals surface area contributed by atoms with Crippen LogP contribution in [0.4, 0.5) is 4.79 Å². The third-order valence-corrected chi connectivity index (χ3v) is 12.0. The van der Waals surface area contributed by atoms with Crippen molar-refractivity contribution < 1.29 is 23.8 Å². The number of carbonyl (C=O) groups excluding carboxylic acids is 2. The Kier molecular flexibility index (Phi) is 8.07. The number of rotatable bonds is 6. The second-order valence-electron chi connectivity index (χ2n) is 15.7. The zero-order valence-electron chi connectivity index (χ0n) is 26.4. The summed E-state index contributed by atoms with van der Waals surface area (Å²) in [4.78, 5) is 23.6. The van der Waals surface area contributed by atoms with E-state index in [1.165, 1.54) is 49.9 Å². The molecule has 1 N–H and O–H groups in total. The Hall–Kier alpha value is -1.72. The molecule has 0 radical (unpaired) electrons. The number of esters is 1. The maximum atomic E-state index is 12.0. The second kappa shape index (κ2) is 10.8. The van der Waals surface area contributed by atoms with Crippen LogP contribution in [0.25, 0.3) is 0 Å². The van der Waals surface area contributed by atoms with Crippen LogP contribution in [-0.2, 0) is 19.0 Å². The Morgan fingerprint density at radius 1 is 1.05 bits per heavy atom. The predicted octanol–water partition coefficient (Wildman–Crippen LogP) is 7.80. The number of hydrogen-bond acceptors (Lipinski definition) is 5. The summed E-state index contributed by atoms with van der Waals surface area (Å²) < 4.78 is 17.8. The highest BCUT2D eigenvalue weighted by Crippen LogP contribution is 2.69. The van der Waals surface area contributed by atoms with Crippen LogP contribution >= 0.6 is 0 Å². The van der Waals surface area contributed by atoms with Crippen LogP contribution in [-0.4, -0.2) is 36.4 Å². The Morgan fingerprint density at radius 2 is 1.77 bits per heavy atom. The van der Waals surface area contributed by atoms with Crippen LogP contribution in [0.2, 0.25) is 0 Å². The van der Waals surface area contributed by atoms with E-state index in [4.69, 9.17) is 14.2 Å². The third-order valence-electron chi connectivity index (χ3n) is 12.0. The third kappa shape index (κ3) is 5.54. The average Bonchev–Trinajstić information content (AvgIpc) is 3.33. The summed E-state index contributed by atoms with van der Waals surface area (Å²) in [5.74, 6) is 5.05. The molecule has 1 amide bonds. The molecule has 4 saturated carbocycles. The number of amides is 1. The van der Waals surface area contributed by atoms with Crippen LogP contribution in [0.15, 0.2) is 11.3 Å². The lowest BCUT2D eigenvalue weighted by Gasteiger charge is -2.61. The number of alkyl carbamates (subject to hydrolysis) is 1. The highest BCUT2D eigenvalue weighted by atomic mass is 16.6. The van der Waals surface area contributed by atoms with Gasteiger partial charge in [0.05, 0.1) is 5.76 Å². The van der Waals surface area contributed by atoms with Gasteiger partial charge in [-0.25, -0.2) is 4.79 Å². The summed E-state index contributed by atoms with van der Waals surface area (Å²) in [7, 11) is 0. The van der Waals surface area contributed by atoms with Gasteiger partial charge in [-0.3, -0.25) is 4.79 Å². The SMILES string of the molecule is CC(=O)O[C@H]1CC[C@@]2(C)[C@@H](CC[C@@H]3[C@@H]2CC[C@@]2(C)[C@H]3C[C@@H]3OC(CC[C@H](C)CNC(=O)OC(C)(C)C)=C(C)[C@@H]32)C1. The molecule has 0 saturated heterocycles. The number of allylic oxidation sites excluding steroid dienone is 1. The first-order chi connectivity index (χ1) is 18.7. The van der Waals surface area contributed by atoms with Gasteiger partial charge in [-0.05, 0) is 131 Å². The van der Waals surface area contributed by atoms with Crippen molar-refractivity contribution in [2.24, 2.45) is 46.3 Å². The first kappa shape index (κ1) is 29.8. The molecule has 5 aliphatic rings. The lowest BCUT2D eigenvalue weighted by molar-refractivity contribution is -0.159. The fourth-order valence-electron chi connectivity index (χ4n) is 10.2. The molecule has 1 heterocycles. The summed E-state index contributed by atoms with van der Waals surface area (Å²) >= 11 is 0. The van der Waals surface area contributed by atoms with Gasteiger partial charge in [-0.2, -0.15) is 0 Å². The van der Waals surface area contributed by atoms with Crippen LogP contribution in [0, 0.1) is 46.3 Å². The van der Waals surface area contributed by atoms with Crippen molar-refractivity contribution in [1.82, 2.24) is 5.32 Å². The molecule has 5 rings (SSSR count). The Balaban J connectivity index is 1.19. The van der Waals surface area contributed by atoms with E-state index < -0.39 is 5.60 Å². The average molecular weight is 558 g/mol. The van der Waals surface area contributed by atoms with E-state index in [9.17, 15) is 9.59 Å². The second-order valence-corrected chi connectivity index (χ2v) is 15.7. The standard InChI is InChI=1S/C34H55NO5/c1-20(19-35-31(37)40-32(4,5)6)9-12-28-21(2)30-29(39-28)18-27-25-11-10-23-17-24(38-22(3)36)13-15-33(23,7)26(25)14-16-34(27,30)8/h20,23-27,29-30H,9-19H2,1-8H3,(H,35,37)/t20-,23-,24-,25+,26-,27-,29-,30-,33-,34-/m0/s1. The van der Waals surface area contributed by atoms with Crippen LogP contribution in [0.1, 0.15) is 120 Å². The summed E-state index contributed by atoms with van der Waals surface area (Å²) in [6, 6.07) is 0. The zero-order chi connectivity index (χ0) is 29.0. The molecule has 0 unspecified atom stereocenters. The first-order valence-electron chi connectivity index (χ1n) is 16.2. The maximum absolute atomic E-state index is 12.0. The minimum absolute atomic E-state index is 0.122. The molecule has 6 nitrogen and oxygen atoms in total. The minimum Gasteiger partial charge on any atom is -0.494 e. The fourth-order valence-corrected chi connectivity index (χ4v) is 10.2. The lowest BCUT2D eigenvalue weighted by Crippen LogP contribution is -2.54. The molecule has 40 heavy (non-hydrogen) atoms. The molecule has 0 bridgehead atoms. The number of ether oxygens (including phenoxy) is 3. The topological polar surface area (TPSA) is 73.9 Å². The quantitative estimate of drug-likeness (QED) is 0.337. The molecule has 0 aromatic carbocycles. The summed E-state index contributed by atoms with van der Waals surface area (Å²) in [6.07, 6.45) is 11.8. The van der Waals surface area contributed by atoms with E-state index in [1.807, 2.05) is 20.8 Å². The van der Waals surface area contributed by atoms with E-state index >= 15 is 0 Å². The zero-order valence-corrected chi connectivity index (χ0v) is 26.4. The lowest BCUT2D eigenvalue weighted by atomic mass is 9.44. The van der Waals surface area contributed by atoms with Gasteiger partial charge in [0.25, 0.3) is 0 Å². The number of hydrogen-bond donors (Lipinski definition) is 1. The molecule has 226 valence electrons. The Morgan fingerprint density at radius 3 is 2.48 bits per heavy atom. The summed E-state index contributed by atoms with van der Waals surface area (Å²) in [6.45, 7) is 17.6. The summed E-state index contributed by atoms with van der Waals surface area (Å²) in [5, 5.41) is 2.93.